The molecule has 2 aliphatic rings. The predicted molar refractivity (Wildman–Crippen MR) is 72.8 cm³/mol. The first-order valence-corrected chi connectivity index (χ1v) is 7.75. The van der Waals surface area contributed by atoms with Crippen LogP contribution < -0.4 is 10.5 Å². The monoisotopic (exact) mass is 294 g/mol. The van der Waals surface area contributed by atoms with Gasteiger partial charge < -0.3 is 10.4 Å². The van der Waals surface area contributed by atoms with E-state index in [4.69, 9.17) is 5.14 Å². The SMILES string of the molecule is NS(=O)(=O)c1ccc2c(c1)[C@@H]1C=CC[C@@H]1[C@@H](C(=O)O)N2. The lowest BCUT2D eigenvalue weighted by atomic mass is 9.79. The van der Waals surface area contributed by atoms with Crippen LogP contribution in [-0.4, -0.2) is 25.5 Å². The van der Waals surface area contributed by atoms with E-state index in [0.29, 0.717) is 12.1 Å². The van der Waals surface area contributed by atoms with Gasteiger partial charge in [0, 0.05) is 17.5 Å². The molecule has 106 valence electrons. The summed E-state index contributed by atoms with van der Waals surface area (Å²) in [6.45, 7) is 0. The number of aliphatic carboxylic acids is 1. The van der Waals surface area contributed by atoms with E-state index < -0.39 is 22.0 Å². The lowest BCUT2D eigenvalue weighted by Gasteiger charge is -2.34. The molecule has 4 N–H and O–H groups in total. The summed E-state index contributed by atoms with van der Waals surface area (Å²) in [6, 6.07) is 3.83. The molecule has 0 unspecified atom stereocenters. The zero-order valence-electron chi connectivity index (χ0n) is 10.5. The van der Waals surface area contributed by atoms with Crippen molar-refractivity contribution in [1.29, 1.82) is 0 Å². The van der Waals surface area contributed by atoms with Crippen molar-refractivity contribution in [2.75, 3.05) is 5.32 Å². The Kier molecular flexibility index (Phi) is 2.84. The van der Waals surface area contributed by atoms with Crippen molar-refractivity contribution in [1.82, 2.24) is 0 Å². The first kappa shape index (κ1) is 13.1. The summed E-state index contributed by atoms with van der Waals surface area (Å²) in [4.78, 5) is 11.4. The van der Waals surface area contributed by atoms with Gasteiger partial charge in [0.1, 0.15) is 6.04 Å². The maximum Gasteiger partial charge on any atom is 0.326 e. The summed E-state index contributed by atoms with van der Waals surface area (Å²) in [5.74, 6) is -1.09. The molecule has 7 heteroatoms. The molecule has 1 aliphatic heterocycles. The molecular weight excluding hydrogens is 280 g/mol. The van der Waals surface area contributed by atoms with Gasteiger partial charge >= 0.3 is 5.97 Å². The van der Waals surface area contributed by atoms with Crippen LogP contribution in [0.15, 0.2) is 35.2 Å². The van der Waals surface area contributed by atoms with Crippen LogP contribution in [0.5, 0.6) is 0 Å². The molecule has 6 nitrogen and oxygen atoms in total. The number of hydrogen-bond donors (Lipinski definition) is 3. The lowest BCUT2D eigenvalue weighted by molar-refractivity contribution is -0.139. The van der Waals surface area contributed by atoms with Crippen LogP contribution in [0.2, 0.25) is 0 Å². The maximum atomic E-state index is 11.4. The van der Waals surface area contributed by atoms with Crippen LogP contribution in [0.3, 0.4) is 0 Å². The van der Waals surface area contributed by atoms with Crippen LogP contribution in [-0.2, 0) is 14.8 Å². The zero-order valence-corrected chi connectivity index (χ0v) is 11.3. The third-order valence-electron chi connectivity index (χ3n) is 3.93. The first-order chi connectivity index (χ1) is 9.38. The third-order valence-corrected chi connectivity index (χ3v) is 4.84. The first-order valence-electron chi connectivity index (χ1n) is 6.20. The molecule has 1 aliphatic carbocycles. The van der Waals surface area contributed by atoms with Crippen LogP contribution in [0.25, 0.3) is 0 Å². The Labute approximate surface area is 116 Å². The smallest absolute Gasteiger partial charge is 0.326 e. The highest BCUT2D eigenvalue weighted by Crippen LogP contribution is 2.45. The maximum absolute atomic E-state index is 11.4. The van der Waals surface area contributed by atoms with E-state index in [-0.39, 0.29) is 16.7 Å². The fourth-order valence-electron chi connectivity index (χ4n) is 2.99. The van der Waals surface area contributed by atoms with Gasteiger partial charge in [0.05, 0.1) is 4.90 Å². The lowest BCUT2D eigenvalue weighted by Crippen LogP contribution is -2.41. The highest BCUT2D eigenvalue weighted by atomic mass is 32.2. The van der Waals surface area contributed by atoms with Crippen molar-refractivity contribution in [2.24, 2.45) is 11.1 Å². The van der Waals surface area contributed by atoms with Crippen LogP contribution in [0.1, 0.15) is 17.9 Å². The van der Waals surface area contributed by atoms with Gasteiger partial charge in [-0.2, -0.15) is 0 Å². The molecule has 0 bridgehead atoms. The second-order valence-corrected chi connectivity index (χ2v) is 6.67. The quantitative estimate of drug-likeness (QED) is 0.701. The number of anilines is 1. The van der Waals surface area contributed by atoms with Gasteiger partial charge in [-0.15, -0.1) is 0 Å². The molecule has 0 saturated carbocycles. The zero-order chi connectivity index (χ0) is 14.5. The van der Waals surface area contributed by atoms with Crippen molar-refractivity contribution in [3.05, 3.63) is 35.9 Å². The number of carbonyl (C=O) groups is 1. The summed E-state index contributed by atoms with van der Waals surface area (Å²) >= 11 is 0. The fraction of sp³-hybridized carbons (Fsp3) is 0.308. The van der Waals surface area contributed by atoms with E-state index >= 15 is 0 Å². The largest absolute Gasteiger partial charge is 0.480 e. The molecule has 0 amide bonds. The molecule has 3 atom stereocenters. The molecule has 1 aromatic rings. The summed E-state index contributed by atoms with van der Waals surface area (Å²) in [6.07, 6.45) is 4.53. The predicted octanol–water partition coefficient (Wildman–Crippen LogP) is 0.872. The highest BCUT2D eigenvalue weighted by Gasteiger charge is 2.40. The van der Waals surface area contributed by atoms with E-state index in [1.54, 1.807) is 6.07 Å². The topological polar surface area (TPSA) is 109 Å². The number of rotatable bonds is 2. The molecule has 1 aromatic carbocycles. The van der Waals surface area contributed by atoms with Gasteiger partial charge in [0.2, 0.25) is 10.0 Å². The second-order valence-electron chi connectivity index (χ2n) is 5.11. The number of fused-ring (bicyclic) bond motifs is 3. The molecule has 0 aromatic heterocycles. The van der Waals surface area contributed by atoms with Gasteiger partial charge in [-0.1, -0.05) is 12.2 Å². The van der Waals surface area contributed by atoms with Gasteiger partial charge in [-0.05, 0) is 30.2 Å². The Morgan fingerprint density at radius 1 is 1.40 bits per heavy atom. The van der Waals surface area contributed by atoms with Crippen molar-refractivity contribution in [3.8, 4) is 0 Å². The molecule has 0 spiro atoms. The molecular formula is C13H14N2O4S. The number of sulfonamides is 1. The number of carboxylic acids is 1. The van der Waals surface area contributed by atoms with Crippen molar-refractivity contribution in [2.45, 2.75) is 23.3 Å². The van der Waals surface area contributed by atoms with Crippen LogP contribution in [0, 0.1) is 5.92 Å². The van der Waals surface area contributed by atoms with Crippen molar-refractivity contribution in [3.63, 3.8) is 0 Å². The minimum Gasteiger partial charge on any atom is -0.480 e. The second kappa shape index (κ2) is 4.32. The Morgan fingerprint density at radius 2 is 2.15 bits per heavy atom. The fourth-order valence-corrected chi connectivity index (χ4v) is 3.54. The summed E-state index contributed by atoms with van der Waals surface area (Å²) in [5, 5.41) is 17.4. The number of nitrogens with two attached hydrogens (primary N) is 1. The number of hydrogen-bond acceptors (Lipinski definition) is 4. The van der Waals surface area contributed by atoms with Crippen molar-refractivity contribution >= 4 is 21.7 Å². The van der Waals surface area contributed by atoms with E-state index in [1.807, 2.05) is 12.2 Å². The Morgan fingerprint density at radius 3 is 2.80 bits per heavy atom. The van der Waals surface area contributed by atoms with Gasteiger partial charge in [0.15, 0.2) is 0 Å². The van der Waals surface area contributed by atoms with E-state index in [1.165, 1.54) is 12.1 Å². The molecule has 0 fully saturated rings. The number of allylic oxidation sites excluding steroid dienone is 2. The average Bonchev–Trinajstić information content (AvgIpc) is 2.85. The minimum atomic E-state index is -3.76. The van der Waals surface area contributed by atoms with E-state index in [9.17, 15) is 18.3 Å². The molecule has 0 radical (unpaired) electrons. The summed E-state index contributed by atoms with van der Waals surface area (Å²) < 4.78 is 22.9. The third kappa shape index (κ3) is 1.99. The van der Waals surface area contributed by atoms with E-state index in [2.05, 4.69) is 5.32 Å². The van der Waals surface area contributed by atoms with Gasteiger partial charge in [-0.3, -0.25) is 0 Å². The van der Waals surface area contributed by atoms with Crippen LogP contribution >= 0.6 is 0 Å². The Hall–Kier alpha value is -1.86. The molecule has 3 rings (SSSR count). The standard InChI is InChI=1S/C13H14N2O4S/c14-20(18,19)7-4-5-11-10(6-7)8-2-1-3-9(8)12(15-11)13(16)17/h1-2,4-6,8-9,12,15H,3H2,(H,16,17)(H2,14,18,19)/t8-,9+,12+/m1/s1. The van der Waals surface area contributed by atoms with Crippen LogP contribution in [0.4, 0.5) is 5.69 Å². The summed E-state index contributed by atoms with van der Waals surface area (Å²) in [5.41, 5.74) is 1.44. The van der Waals surface area contributed by atoms with Crippen molar-refractivity contribution < 1.29 is 18.3 Å². The van der Waals surface area contributed by atoms with Gasteiger partial charge in [-0.25, -0.2) is 18.4 Å². The normalized spacial score (nSPS) is 27.6. The number of benzene rings is 1. The number of nitrogens with one attached hydrogen (secondary N) is 1. The van der Waals surface area contributed by atoms with Gasteiger partial charge in [0.25, 0.3) is 0 Å². The molecule has 1 heterocycles. The molecule has 20 heavy (non-hydrogen) atoms. The van der Waals surface area contributed by atoms with E-state index in [0.717, 1.165) is 5.56 Å². The number of carboxylic acid groups (broad SMARTS) is 1. The Balaban J connectivity index is 2.11. The highest BCUT2D eigenvalue weighted by molar-refractivity contribution is 7.89. The number of primary sulfonamides is 1. The minimum absolute atomic E-state index is 0.0471. The Bertz CT molecular complexity index is 711. The summed E-state index contributed by atoms with van der Waals surface area (Å²) in [7, 11) is -3.76. The molecule has 0 saturated heterocycles. The average molecular weight is 294 g/mol.